The molecule has 0 atom stereocenters. The van der Waals surface area contributed by atoms with Crippen molar-refractivity contribution in [2.45, 2.75) is 52.0 Å². The number of anilines is 3. The summed E-state index contributed by atoms with van der Waals surface area (Å²) in [5.41, 5.74) is 12.9. The van der Waals surface area contributed by atoms with Crippen molar-refractivity contribution < 1.29 is 81.1 Å². The number of rotatable bonds is 26. The third-order valence-corrected chi connectivity index (χ3v) is 27.6. The number of aromatic amines is 3. The Morgan fingerprint density at radius 2 is 0.883 bits per heavy atom. The molecule has 10 N–H and O–H groups in total. The molecule has 137 heavy (non-hydrogen) atoms. The first-order chi connectivity index (χ1) is 66.3. The van der Waals surface area contributed by atoms with Crippen molar-refractivity contribution in [3.05, 3.63) is 378 Å². The van der Waals surface area contributed by atoms with Gasteiger partial charge in [0.05, 0.1) is 85.7 Å². The summed E-state index contributed by atoms with van der Waals surface area (Å²) in [5.74, 6) is -5.87. The summed E-state index contributed by atoms with van der Waals surface area (Å²) in [5, 5.41) is 59.8. The zero-order chi connectivity index (χ0) is 95.9. The fourth-order valence-corrected chi connectivity index (χ4v) is 21.1. The van der Waals surface area contributed by atoms with Crippen LogP contribution in [-0.4, -0.2) is 108 Å². The molecule has 0 unspecified atom stereocenters. The highest BCUT2D eigenvalue weighted by atomic mass is 32.1. The largest absolute Gasteiger partial charge is 0.478 e. The molecule has 23 nitrogen and oxygen atoms in total. The van der Waals surface area contributed by atoms with Crippen LogP contribution < -0.4 is 16.0 Å². The molecule has 0 radical (unpaired) electrons. The number of carboxylic acids is 4. The van der Waals surface area contributed by atoms with Gasteiger partial charge in [0.2, 0.25) is 11.8 Å². The highest BCUT2D eigenvalue weighted by Crippen LogP contribution is 2.45. The van der Waals surface area contributed by atoms with Crippen LogP contribution in [0.15, 0.2) is 299 Å². The number of halogens is 4. The van der Waals surface area contributed by atoms with E-state index in [1.807, 2.05) is 206 Å². The second-order valence-corrected chi connectivity index (χ2v) is 36.2. The van der Waals surface area contributed by atoms with Crippen molar-refractivity contribution in [1.29, 1.82) is 0 Å². The Balaban J connectivity index is 0.000000124. The maximum absolute atomic E-state index is 13.8. The van der Waals surface area contributed by atoms with Crippen molar-refractivity contribution in [2.75, 3.05) is 16.0 Å². The molecule has 10 aromatic heterocycles. The lowest BCUT2D eigenvalue weighted by molar-refractivity contribution is -0.117. The number of fused-ring (bicyclic) bond motifs is 5. The highest BCUT2D eigenvalue weighted by Gasteiger charge is 2.31. The number of nitrogens with zero attached hydrogens (tertiary/aromatic N) is 4. The van der Waals surface area contributed by atoms with E-state index in [4.69, 9.17) is 0 Å². The van der Waals surface area contributed by atoms with Crippen LogP contribution in [0.3, 0.4) is 0 Å². The number of thiophene rings is 6. The SMILES string of the molecule is Cc1cccc(C(=O)Nc2csc(-c3nc4ccccc4[nH]3)c2)c1.O=C(CCc1ccccc1)Nc1csc(-c2csc3ccccc23)c1C(=O)O.O=C(CCc1ccccc1)Nc1csc(-c2nc3ccccc3[nH]2)c1C(=O)O.O=C(Cc1csc(-c2c[nH]c3ccccc23)c1C(=O)O)c1cccc(F)c1.O=C(Cc1csc(-c2nc3ccccc3n2C(F)F)c1C(=O)O)c1cccc(F)c1. The van der Waals surface area contributed by atoms with Crippen molar-refractivity contribution in [3.8, 4) is 53.0 Å². The lowest BCUT2D eigenvalue weighted by Crippen LogP contribution is -2.14. The molecule has 3 amide bonds. The van der Waals surface area contributed by atoms with Crippen molar-refractivity contribution in [2.24, 2.45) is 0 Å². The molecule has 0 saturated carbocycles. The summed E-state index contributed by atoms with van der Waals surface area (Å²) < 4.78 is 56.1. The lowest BCUT2D eigenvalue weighted by atomic mass is 9.99. The quantitative estimate of drug-likeness (QED) is 0.0178. The predicted octanol–water partition coefficient (Wildman–Crippen LogP) is 25.9. The molecule has 10 aromatic carbocycles. The zero-order valence-corrected chi connectivity index (χ0v) is 76.8. The number of ketones is 2. The van der Waals surface area contributed by atoms with Gasteiger partial charge in [0.25, 0.3) is 5.91 Å². The molecule has 0 aliphatic rings. The fraction of sp³-hybridized carbons (Fsp3) is 0.0769. The number of imidazole rings is 3. The van der Waals surface area contributed by atoms with E-state index in [0.717, 1.165) is 111 Å². The van der Waals surface area contributed by atoms with E-state index in [1.54, 1.807) is 63.2 Å². The number of carbonyl (C=O) groups is 9. The Kier molecular flexibility index (Phi) is 29.5. The molecule has 684 valence electrons. The summed E-state index contributed by atoms with van der Waals surface area (Å²) in [7, 11) is 0. The molecule has 0 aliphatic heterocycles. The second kappa shape index (κ2) is 42.9. The van der Waals surface area contributed by atoms with Crippen LogP contribution in [0.1, 0.15) is 120 Å². The number of benzene rings is 10. The van der Waals surface area contributed by atoms with Gasteiger partial charge in [0, 0.05) is 102 Å². The first kappa shape index (κ1) is 94.2. The van der Waals surface area contributed by atoms with E-state index in [-0.39, 0.29) is 97.9 Å². The van der Waals surface area contributed by atoms with E-state index < -0.39 is 47.8 Å². The predicted molar refractivity (Wildman–Crippen MR) is 532 cm³/mol. The van der Waals surface area contributed by atoms with Gasteiger partial charge in [-0.1, -0.05) is 175 Å². The second-order valence-electron chi connectivity index (χ2n) is 30.8. The van der Waals surface area contributed by atoms with E-state index in [9.17, 15) is 81.1 Å². The maximum Gasteiger partial charge on any atom is 0.339 e. The van der Waals surface area contributed by atoms with Crippen LogP contribution in [0, 0.1) is 18.6 Å². The first-order valence-electron chi connectivity index (χ1n) is 42.1. The molecule has 0 bridgehead atoms. The lowest BCUT2D eigenvalue weighted by Gasteiger charge is -2.08. The van der Waals surface area contributed by atoms with E-state index >= 15 is 0 Å². The smallest absolute Gasteiger partial charge is 0.339 e. The van der Waals surface area contributed by atoms with Crippen molar-refractivity contribution >= 4 is 192 Å². The van der Waals surface area contributed by atoms with Gasteiger partial charge in [-0.2, -0.15) is 8.78 Å². The number of carboxylic acid groups (broad SMARTS) is 4. The summed E-state index contributed by atoms with van der Waals surface area (Å²) in [6.07, 6.45) is 3.16. The number of alkyl halides is 2. The number of aryl methyl sites for hydroxylation is 3. The van der Waals surface area contributed by atoms with Crippen LogP contribution in [0.5, 0.6) is 0 Å². The van der Waals surface area contributed by atoms with Crippen molar-refractivity contribution in [1.82, 2.24) is 34.5 Å². The zero-order valence-electron chi connectivity index (χ0n) is 71.9. The Hall–Kier alpha value is -16.0. The molecule has 0 aliphatic carbocycles. The Morgan fingerprint density at radius 3 is 1.45 bits per heavy atom. The number of nitrogens with one attached hydrogen (secondary N) is 6. The van der Waals surface area contributed by atoms with E-state index in [2.05, 4.69) is 45.9 Å². The third kappa shape index (κ3) is 22.2. The van der Waals surface area contributed by atoms with E-state index in [0.29, 0.717) is 72.3 Å². The van der Waals surface area contributed by atoms with Crippen molar-refractivity contribution in [3.63, 3.8) is 0 Å². The number of carbonyl (C=O) groups excluding carboxylic acids is 5. The normalized spacial score (nSPS) is 11.0. The monoisotopic (exact) mass is 1940 g/mol. The minimum atomic E-state index is -2.94. The summed E-state index contributed by atoms with van der Waals surface area (Å²) in [6.45, 7) is -0.963. The molecule has 0 spiro atoms. The molecule has 10 heterocycles. The maximum atomic E-state index is 13.8. The molecule has 0 fully saturated rings. The van der Waals surface area contributed by atoms with Crippen LogP contribution in [0.4, 0.5) is 34.6 Å². The van der Waals surface area contributed by atoms with Gasteiger partial charge in [-0.3, -0.25) is 28.5 Å². The summed E-state index contributed by atoms with van der Waals surface area (Å²) in [4.78, 5) is 135. The van der Waals surface area contributed by atoms with Crippen LogP contribution >= 0.6 is 68.0 Å². The molecule has 33 heteroatoms. The number of aromatic carboxylic acids is 4. The number of Topliss-reactive ketones (excluding diaryl/α,β-unsaturated/α-hetero) is 2. The molecule has 0 saturated heterocycles. The average Bonchev–Trinajstić information content (AvgIpc) is 1.62. The molecular weight excluding hydrogens is 1870 g/mol. The number of para-hydroxylation sites is 7. The van der Waals surface area contributed by atoms with Gasteiger partial charge in [0.15, 0.2) is 17.4 Å². The van der Waals surface area contributed by atoms with Gasteiger partial charge in [0.1, 0.15) is 34.4 Å². The third-order valence-electron chi connectivity index (χ3n) is 21.6. The fourth-order valence-electron chi connectivity index (χ4n) is 15.1. The molecule has 20 aromatic rings. The topological polar surface area (TPSA) is 362 Å². The van der Waals surface area contributed by atoms with Crippen LogP contribution in [-0.2, 0) is 35.3 Å². The molecule has 20 rings (SSSR count). The summed E-state index contributed by atoms with van der Waals surface area (Å²) >= 11 is 7.93. The Labute approximate surface area is 800 Å². The minimum Gasteiger partial charge on any atom is -0.478 e. The number of H-pyrrole nitrogens is 3. The average molecular weight is 1940 g/mol. The standard InChI is InChI=1S/C22H17NO3S2.C21H13F3N2O3S.C21H14FNO3S.C21H17N3O3S.C19H15N3OS/c24-19(11-10-14-6-2-1-3-7-14)23-17-13-28-21(20(17)22(25)26)16-12-27-18-9-5-4-8-15(16)18;22-13-5-3-4-11(8-13)16(27)9-12-10-30-18(17(12)20(28)29)19-25-14-6-1-2-7-15(14)26(19)21(23)24;22-14-5-3-4-12(8-14)18(24)9-13-11-27-20(19(13)21(25)26)16-10-23-17-7-2-1-6-15(16)17;25-17(11-10-13-6-2-1-3-7-13)22-16-12-28-19(18(16)21(26)27)20-23-14-8-4-5-9-15(14)24-20;1-12-5-4-6-13(9-12)19(23)20-14-10-17(24-11-14)18-21-15-7-2-3-8-16(15)22-18/h1-9,12-13H,10-11H2,(H,23,24)(H,25,26);1-8,10,21H,9H2,(H,28,29);1-8,10-11,23H,9H2,(H,25,26);1-9,12H,10-11H2,(H,22,25)(H,23,24)(H,26,27);2-11H,1H3,(H,20,23)(H,21,22). The number of hydrogen-bond donors (Lipinski definition) is 10. The highest BCUT2D eigenvalue weighted by molar-refractivity contribution is 7.19. The van der Waals surface area contributed by atoms with Gasteiger partial charge in [-0.05, 0) is 144 Å². The number of amides is 3. The number of aromatic nitrogens is 7. The Bertz CT molecular complexity index is 7850. The van der Waals surface area contributed by atoms with Crippen LogP contribution in [0.25, 0.3) is 107 Å². The van der Waals surface area contributed by atoms with Gasteiger partial charge in [-0.15, -0.1) is 68.0 Å². The van der Waals surface area contributed by atoms with Crippen LogP contribution in [0.2, 0.25) is 0 Å². The minimum absolute atomic E-state index is 0.0287. The Morgan fingerprint density at radius 1 is 0.409 bits per heavy atom. The number of hydrogen-bond acceptors (Lipinski definition) is 18. The van der Waals surface area contributed by atoms with E-state index in [1.165, 1.54) is 81.9 Å². The molecular formula is C104H76F4N10O13S6. The summed E-state index contributed by atoms with van der Waals surface area (Å²) in [6, 6.07) is 76.6. The van der Waals surface area contributed by atoms with Gasteiger partial charge < -0.3 is 51.3 Å². The van der Waals surface area contributed by atoms with Gasteiger partial charge in [-0.25, -0.2) is 42.9 Å². The first-order valence-corrected chi connectivity index (χ1v) is 47.4. The van der Waals surface area contributed by atoms with Gasteiger partial charge >= 0.3 is 30.4 Å².